The van der Waals surface area contributed by atoms with E-state index in [1.165, 1.54) is 0 Å². The van der Waals surface area contributed by atoms with Gasteiger partial charge in [0.15, 0.2) is 0 Å². The molecule has 0 aliphatic heterocycles. The van der Waals surface area contributed by atoms with Crippen molar-refractivity contribution in [1.29, 1.82) is 0 Å². The van der Waals surface area contributed by atoms with Gasteiger partial charge in [-0.15, -0.1) is 0 Å². The fraction of sp³-hybridized carbons (Fsp3) is 0.625. The predicted molar refractivity (Wildman–Crippen MR) is 86.0 cm³/mol. The summed E-state index contributed by atoms with van der Waals surface area (Å²) in [5, 5.41) is 10.1. The molecule has 2 unspecified atom stereocenters. The van der Waals surface area contributed by atoms with Crippen molar-refractivity contribution >= 4 is 11.6 Å². The molecule has 1 aromatic rings. The van der Waals surface area contributed by atoms with Crippen LogP contribution in [0.1, 0.15) is 44.7 Å². The second-order valence-electron chi connectivity index (χ2n) is 5.15. The highest BCUT2D eigenvalue weighted by Crippen LogP contribution is 2.30. The van der Waals surface area contributed by atoms with E-state index in [9.17, 15) is 5.11 Å². The molecule has 0 aliphatic rings. The second-order valence-corrected chi connectivity index (χ2v) is 5.56. The van der Waals surface area contributed by atoms with Crippen LogP contribution in [0.15, 0.2) is 24.3 Å². The summed E-state index contributed by atoms with van der Waals surface area (Å²) in [6.07, 6.45) is 3.10. The van der Waals surface area contributed by atoms with E-state index in [4.69, 9.17) is 17.3 Å². The first kappa shape index (κ1) is 17.4. The number of aliphatic hydroxyl groups excluding tert-OH is 1. The summed E-state index contributed by atoms with van der Waals surface area (Å²) in [4.78, 5) is 2.26. The van der Waals surface area contributed by atoms with Crippen molar-refractivity contribution < 1.29 is 5.11 Å². The molecule has 0 bridgehead atoms. The average molecular weight is 299 g/mol. The lowest BCUT2D eigenvalue weighted by atomic mass is 9.95. The molecule has 0 aromatic heterocycles. The van der Waals surface area contributed by atoms with Gasteiger partial charge in [0.05, 0.1) is 12.6 Å². The third-order valence-electron chi connectivity index (χ3n) is 3.68. The first-order chi connectivity index (χ1) is 9.65. The van der Waals surface area contributed by atoms with Crippen LogP contribution in [-0.2, 0) is 0 Å². The summed E-state index contributed by atoms with van der Waals surface area (Å²) in [5.74, 6) is 0. The standard InChI is InChI=1S/C16H27ClN2O/c1-3-5-10-19(11-12-20)16(15(18)4-2)13-8-6-7-9-14(13)17/h6-9,15-16,20H,3-5,10-12,18H2,1-2H3. The Bertz CT molecular complexity index is 386. The topological polar surface area (TPSA) is 49.5 Å². The summed E-state index contributed by atoms with van der Waals surface area (Å²) in [6, 6.07) is 7.95. The highest BCUT2D eigenvalue weighted by molar-refractivity contribution is 6.31. The Labute approximate surface area is 127 Å². The lowest BCUT2D eigenvalue weighted by molar-refractivity contribution is 0.130. The van der Waals surface area contributed by atoms with E-state index < -0.39 is 0 Å². The number of nitrogens with two attached hydrogens (primary N) is 1. The molecule has 1 rings (SSSR count). The van der Waals surface area contributed by atoms with Crippen LogP contribution in [0.4, 0.5) is 0 Å². The minimum atomic E-state index is 0.0123. The van der Waals surface area contributed by atoms with E-state index in [-0.39, 0.29) is 18.7 Å². The zero-order chi connectivity index (χ0) is 15.0. The SMILES string of the molecule is CCCCN(CCO)C(c1ccccc1Cl)C(N)CC. The van der Waals surface area contributed by atoms with Gasteiger partial charge < -0.3 is 10.8 Å². The van der Waals surface area contributed by atoms with E-state index in [0.29, 0.717) is 6.54 Å². The monoisotopic (exact) mass is 298 g/mol. The van der Waals surface area contributed by atoms with Gasteiger partial charge in [0.2, 0.25) is 0 Å². The third kappa shape index (κ3) is 4.74. The summed E-state index contributed by atoms with van der Waals surface area (Å²) < 4.78 is 0. The van der Waals surface area contributed by atoms with E-state index >= 15 is 0 Å². The van der Waals surface area contributed by atoms with Crippen LogP contribution in [0.2, 0.25) is 5.02 Å². The van der Waals surface area contributed by atoms with Gasteiger partial charge in [0, 0.05) is 17.6 Å². The number of unbranched alkanes of at least 4 members (excludes halogenated alkanes) is 1. The lowest BCUT2D eigenvalue weighted by Gasteiger charge is -2.35. The maximum absolute atomic E-state index is 9.34. The van der Waals surface area contributed by atoms with Gasteiger partial charge in [0.1, 0.15) is 0 Å². The quantitative estimate of drug-likeness (QED) is 0.736. The molecule has 0 amide bonds. The first-order valence-electron chi connectivity index (χ1n) is 7.50. The van der Waals surface area contributed by atoms with Gasteiger partial charge >= 0.3 is 0 Å². The Kier molecular flexibility index (Phi) is 8.15. The van der Waals surface area contributed by atoms with Crippen LogP contribution in [0.25, 0.3) is 0 Å². The van der Waals surface area contributed by atoms with Crippen molar-refractivity contribution in [3.63, 3.8) is 0 Å². The molecule has 0 fully saturated rings. The Morgan fingerprint density at radius 2 is 1.95 bits per heavy atom. The Morgan fingerprint density at radius 1 is 1.25 bits per heavy atom. The minimum Gasteiger partial charge on any atom is -0.395 e. The summed E-state index contributed by atoms with van der Waals surface area (Å²) in [6.45, 7) is 5.96. The highest BCUT2D eigenvalue weighted by atomic mass is 35.5. The fourth-order valence-electron chi connectivity index (χ4n) is 2.52. The van der Waals surface area contributed by atoms with Crippen LogP contribution >= 0.6 is 11.6 Å². The normalized spacial score (nSPS) is 14.5. The molecule has 4 heteroatoms. The molecule has 0 spiro atoms. The molecule has 0 saturated heterocycles. The molecule has 20 heavy (non-hydrogen) atoms. The van der Waals surface area contributed by atoms with Crippen molar-refractivity contribution in [2.75, 3.05) is 19.7 Å². The van der Waals surface area contributed by atoms with Gasteiger partial charge in [0.25, 0.3) is 0 Å². The summed E-state index contributed by atoms with van der Waals surface area (Å²) in [5.41, 5.74) is 7.40. The molecule has 114 valence electrons. The minimum absolute atomic E-state index is 0.0123. The van der Waals surface area contributed by atoms with E-state index in [2.05, 4.69) is 18.7 Å². The van der Waals surface area contributed by atoms with Crippen molar-refractivity contribution in [2.24, 2.45) is 5.73 Å². The number of halogens is 1. The van der Waals surface area contributed by atoms with Gasteiger partial charge in [-0.25, -0.2) is 0 Å². The zero-order valence-corrected chi connectivity index (χ0v) is 13.3. The fourth-order valence-corrected chi connectivity index (χ4v) is 2.76. The van der Waals surface area contributed by atoms with Gasteiger partial charge in [-0.1, -0.05) is 50.1 Å². The molecular weight excluding hydrogens is 272 g/mol. The number of aliphatic hydroxyl groups is 1. The van der Waals surface area contributed by atoms with Crippen LogP contribution < -0.4 is 5.73 Å². The first-order valence-corrected chi connectivity index (χ1v) is 7.88. The molecule has 0 radical (unpaired) electrons. The Hall–Kier alpha value is -0.610. The lowest BCUT2D eigenvalue weighted by Crippen LogP contribution is -2.42. The molecule has 1 aromatic carbocycles. The summed E-state index contributed by atoms with van der Waals surface area (Å²) >= 11 is 6.35. The van der Waals surface area contributed by atoms with Crippen molar-refractivity contribution in [3.05, 3.63) is 34.9 Å². The predicted octanol–water partition coefficient (Wildman–Crippen LogP) is 3.21. The van der Waals surface area contributed by atoms with Gasteiger partial charge in [-0.05, 0) is 31.0 Å². The number of nitrogens with zero attached hydrogens (tertiary/aromatic N) is 1. The van der Waals surface area contributed by atoms with Crippen molar-refractivity contribution in [2.45, 2.75) is 45.2 Å². The largest absolute Gasteiger partial charge is 0.395 e. The van der Waals surface area contributed by atoms with Crippen LogP contribution in [0, 0.1) is 0 Å². The van der Waals surface area contributed by atoms with Crippen LogP contribution in [0.3, 0.4) is 0 Å². The second kappa shape index (κ2) is 9.35. The molecule has 0 heterocycles. The number of hydrogen-bond acceptors (Lipinski definition) is 3. The average Bonchev–Trinajstić information content (AvgIpc) is 2.46. The third-order valence-corrected chi connectivity index (χ3v) is 4.02. The summed E-state index contributed by atoms with van der Waals surface area (Å²) in [7, 11) is 0. The molecular formula is C16H27ClN2O. The number of benzene rings is 1. The van der Waals surface area contributed by atoms with Crippen molar-refractivity contribution in [1.82, 2.24) is 4.90 Å². The molecule has 3 N–H and O–H groups in total. The Balaban J connectivity index is 3.05. The Morgan fingerprint density at radius 3 is 2.50 bits per heavy atom. The molecule has 0 saturated carbocycles. The highest BCUT2D eigenvalue weighted by Gasteiger charge is 2.26. The van der Waals surface area contributed by atoms with Crippen LogP contribution in [0.5, 0.6) is 0 Å². The molecule has 3 nitrogen and oxygen atoms in total. The maximum Gasteiger partial charge on any atom is 0.0558 e. The van der Waals surface area contributed by atoms with Gasteiger partial charge in [-0.2, -0.15) is 0 Å². The van der Waals surface area contributed by atoms with Gasteiger partial charge in [-0.3, -0.25) is 4.90 Å². The number of rotatable bonds is 9. The van der Waals surface area contributed by atoms with Crippen molar-refractivity contribution in [3.8, 4) is 0 Å². The zero-order valence-electron chi connectivity index (χ0n) is 12.6. The maximum atomic E-state index is 9.34. The van der Waals surface area contributed by atoms with E-state index in [1.807, 2.05) is 24.3 Å². The molecule has 2 atom stereocenters. The van der Waals surface area contributed by atoms with E-state index in [1.54, 1.807) is 0 Å². The van der Waals surface area contributed by atoms with E-state index in [0.717, 1.165) is 36.4 Å². The molecule has 0 aliphatic carbocycles. The number of hydrogen-bond donors (Lipinski definition) is 2. The van der Waals surface area contributed by atoms with Crippen LogP contribution in [-0.4, -0.2) is 35.7 Å². The smallest absolute Gasteiger partial charge is 0.0558 e.